The largest absolute Gasteiger partial charge is 0.748 e. The van der Waals surface area contributed by atoms with Gasteiger partial charge in [-0.3, -0.25) is 0 Å². The van der Waals surface area contributed by atoms with Crippen molar-refractivity contribution in [2.75, 3.05) is 6.26 Å². The summed E-state index contributed by atoms with van der Waals surface area (Å²) < 4.78 is 27.2. The lowest BCUT2D eigenvalue weighted by Gasteiger charge is -2.11. The molecule has 0 saturated heterocycles. The third-order valence-electron chi connectivity index (χ3n) is 5.35. The average Bonchev–Trinajstić information content (AvgIpc) is 3.33. The van der Waals surface area contributed by atoms with Crippen molar-refractivity contribution >= 4 is 55.7 Å². The quantitative estimate of drug-likeness (QED) is 0.420. The van der Waals surface area contributed by atoms with E-state index in [-0.39, 0.29) is 0 Å². The number of allylic oxidation sites excluding steroid dienone is 1. The molecular formula is C26H23ClN2O3S. The van der Waals surface area contributed by atoms with Gasteiger partial charge in [0.1, 0.15) is 0 Å². The Balaban J connectivity index is 0.000000471. The fourth-order valence-corrected chi connectivity index (χ4v) is 4.08. The van der Waals surface area contributed by atoms with Crippen molar-refractivity contribution in [3.05, 3.63) is 99.7 Å². The highest BCUT2D eigenvalue weighted by Crippen LogP contribution is 2.38. The lowest BCUT2D eigenvalue weighted by atomic mass is 9.89. The zero-order chi connectivity index (χ0) is 23.8. The molecule has 3 aromatic carbocycles. The number of aryl methyl sites for hydroxylation is 2. The maximum atomic E-state index is 9.08. The highest BCUT2D eigenvalue weighted by molar-refractivity contribution is 7.84. The van der Waals surface area contributed by atoms with Gasteiger partial charge in [-0.15, -0.1) is 0 Å². The summed E-state index contributed by atoms with van der Waals surface area (Å²) in [4.78, 5) is 6.88. The molecule has 2 heterocycles. The lowest BCUT2D eigenvalue weighted by molar-refractivity contribution is -0.342. The number of halogens is 1. The molecule has 4 aromatic rings. The van der Waals surface area contributed by atoms with E-state index in [1.165, 1.54) is 38.8 Å². The third-order valence-corrected chi connectivity index (χ3v) is 5.60. The second-order valence-corrected chi connectivity index (χ2v) is 9.93. The first kappa shape index (κ1) is 23.0. The minimum atomic E-state index is -3.92. The van der Waals surface area contributed by atoms with E-state index in [9.17, 15) is 0 Å². The second kappa shape index (κ2) is 8.98. The van der Waals surface area contributed by atoms with Crippen molar-refractivity contribution in [1.29, 1.82) is 0 Å². The SMILES string of the molecule is CS(=O)(=O)[O-].Cc1ccc2c(c1)C(=C(c1ccc(Cl)cc1)c1c[nH]c3ccc(C)cc13)C=[NH+]2. The smallest absolute Gasteiger partial charge is 0.211 e. The first-order chi connectivity index (χ1) is 15.6. The maximum Gasteiger partial charge on any atom is 0.211 e. The highest BCUT2D eigenvalue weighted by Gasteiger charge is 2.25. The Hall–Kier alpha value is -3.19. The van der Waals surface area contributed by atoms with Crippen molar-refractivity contribution in [2.45, 2.75) is 13.8 Å². The topological polar surface area (TPSA) is 87.0 Å². The van der Waals surface area contributed by atoms with Crippen LogP contribution in [-0.2, 0) is 10.1 Å². The summed E-state index contributed by atoms with van der Waals surface area (Å²) in [6, 6.07) is 21.2. The molecule has 0 fully saturated rings. The number of rotatable bonds is 2. The molecule has 2 N–H and O–H groups in total. The van der Waals surface area contributed by atoms with Gasteiger partial charge in [0.25, 0.3) is 0 Å². The molecule has 33 heavy (non-hydrogen) atoms. The molecule has 1 aromatic heterocycles. The fraction of sp³-hybridized carbons (Fsp3) is 0.115. The molecule has 5 rings (SSSR count). The molecule has 168 valence electrons. The van der Waals surface area contributed by atoms with Crippen LogP contribution in [0.15, 0.2) is 66.9 Å². The van der Waals surface area contributed by atoms with E-state index in [0.717, 1.165) is 21.8 Å². The van der Waals surface area contributed by atoms with E-state index in [1.54, 1.807) is 0 Å². The van der Waals surface area contributed by atoms with Crippen LogP contribution in [0, 0.1) is 13.8 Å². The van der Waals surface area contributed by atoms with Gasteiger partial charge in [0.05, 0.1) is 21.3 Å². The highest BCUT2D eigenvalue weighted by atomic mass is 35.5. The Morgan fingerprint density at radius 1 is 0.970 bits per heavy atom. The van der Waals surface area contributed by atoms with Crippen molar-refractivity contribution in [3.63, 3.8) is 0 Å². The minimum Gasteiger partial charge on any atom is -0.748 e. The molecule has 1 aliphatic rings. The molecule has 5 nitrogen and oxygen atoms in total. The van der Waals surface area contributed by atoms with Crippen LogP contribution in [0.2, 0.25) is 5.02 Å². The number of H-pyrrole nitrogens is 1. The van der Waals surface area contributed by atoms with Crippen LogP contribution in [0.1, 0.15) is 27.8 Å². The van der Waals surface area contributed by atoms with Gasteiger partial charge in [0.15, 0.2) is 6.21 Å². The number of aromatic amines is 1. The molecule has 0 aliphatic carbocycles. The van der Waals surface area contributed by atoms with E-state index >= 15 is 0 Å². The number of nitrogens with one attached hydrogen (secondary N) is 2. The fourth-order valence-electron chi connectivity index (χ4n) is 3.96. The molecule has 0 unspecified atom stereocenters. The molecular weight excluding hydrogens is 456 g/mol. The number of fused-ring (bicyclic) bond motifs is 2. The van der Waals surface area contributed by atoms with Crippen molar-refractivity contribution in [3.8, 4) is 0 Å². The van der Waals surface area contributed by atoms with Gasteiger partial charge in [-0.25, -0.2) is 13.4 Å². The average molecular weight is 479 g/mol. The lowest BCUT2D eigenvalue weighted by Crippen LogP contribution is -2.58. The van der Waals surface area contributed by atoms with Crippen LogP contribution in [0.3, 0.4) is 0 Å². The monoisotopic (exact) mass is 478 g/mol. The Morgan fingerprint density at radius 2 is 1.61 bits per heavy atom. The third kappa shape index (κ3) is 5.25. The second-order valence-electron chi connectivity index (χ2n) is 8.09. The van der Waals surface area contributed by atoms with E-state index in [1.807, 2.05) is 12.1 Å². The van der Waals surface area contributed by atoms with Gasteiger partial charge >= 0.3 is 0 Å². The number of hydrogen-bond acceptors (Lipinski definition) is 3. The Morgan fingerprint density at radius 3 is 2.30 bits per heavy atom. The summed E-state index contributed by atoms with van der Waals surface area (Å²) in [5, 5.41) is 1.97. The van der Waals surface area contributed by atoms with Gasteiger partial charge in [0, 0.05) is 45.6 Å². The normalized spacial score (nSPS) is 14.1. The maximum absolute atomic E-state index is 9.08. The first-order valence-corrected chi connectivity index (χ1v) is 12.5. The zero-order valence-electron chi connectivity index (χ0n) is 18.4. The molecule has 0 radical (unpaired) electrons. The van der Waals surface area contributed by atoms with Crippen LogP contribution in [0.4, 0.5) is 5.69 Å². The number of aromatic nitrogens is 1. The molecule has 0 amide bonds. The summed E-state index contributed by atoms with van der Waals surface area (Å²) in [5.41, 5.74) is 10.8. The standard InChI is InChI=1S/C25H19ClN2.CH4O3S/c1-15-3-9-23-19(11-15)21(13-27-23)25(17-5-7-18(26)8-6-17)22-14-28-24-10-4-16(2)12-20(22)24;1-5(2,3)4/h3-14,27H,1-2H3;1H3,(H,2,3,4). The number of hydrogen-bond donors (Lipinski definition) is 2. The first-order valence-electron chi connectivity index (χ1n) is 10.3. The minimum absolute atomic E-state index is 0.604. The van der Waals surface area contributed by atoms with Crippen LogP contribution in [0.25, 0.3) is 22.0 Å². The number of benzene rings is 3. The summed E-state index contributed by atoms with van der Waals surface area (Å²) >= 11 is 6.18. The zero-order valence-corrected chi connectivity index (χ0v) is 20.0. The van der Waals surface area contributed by atoms with Crippen LogP contribution < -0.4 is 4.99 Å². The molecule has 0 atom stereocenters. The Labute approximate surface area is 198 Å². The van der Waals surface area contributed by atoms with Crippen molar-refractivity contribution < 1.29 is 18.0 Å². The Kier molecular flexibility index (Phi) is 6.26. The van der Waals surface area contributed by atoms with E-state index in [2.05, 4.69) is 84.8 Å². The van der Waals surface area contributed by atoms with E-state index in [0.29, 0.717) is 6.26 Å². The molecule has 1 aliphatic heterocycles. The molecule has 7 heteroatoms. The van der Waals surface area contributed by atoms with Crippen molar-refractivity contribution in [1.82, 2.24) is 4.98 Å². The molecule has 0 bridgehead atoms. The Bertz CT molecular complexity index is 1510. The van der Waals surface area contributed by atoms with Crippen LogP contribution in [-0.4, -0.2) is 30.4 Å². The summed E-state index contributed by atoms with van der Waals surface area (Å²) in [6.07, 6.45) is 4.83. The van der Waals surface area contributed by atoms with Crippen LogP contribution >= 0.6 is 11.6 Å². The molecule has 0 spiro atoms. The van der Waals surface area contributed by atoms with Crippen molar-refractivity contribution in [2.24, 2.45) is 0 Å². The summed E-state index contributed by atoms with van der Waals surface area (Å²) in [6.45, 7) is 4.26. The predicted molar refractivity (Wildman–Crippen MR) is 134 cm³/mol. The van der Waals surface area contributed by atoms with Gasteiger partial charge in [-0.1, -0.05) is 47.0 Å². The molecule has 0 saturated carbocycles. The van der Waals surface area contributed by atoms with Gasteiger partial charge in [-0.2, -0.15) is 0 Å². The van der Waals surface area contributed by atoms with Crippen LogP contribution in [0.5, 0.6) is 0 Å². The van der Waals surface area contributed by atoms with Gasteiger partial charge < -0.3 is 9.54 Å². The van der Waals surface area contributed by atoms with E-state index < -0.39 is 10.1 Å². The van der Waals surface area contributed by atoms with Gasteiger partial charge in [-0.05, 0) is 49.7 Å². The van der Waals surface area contributed by atoms with E-state index in [4.69, 9.17) is 24.6 Å². The summed E-state index contributed by atoms with van der Waals surface area (Å²) in [7, 11) is -3.92. The summed E-state index contributed by atoms with van der Waals surface area (Å²) in [5.74, 6) is 0. The van der Waals surface area contributed by atoms with Gasteiger partial charge in [0.2, 0.25) is 5.69 Å². The predicted octanol–water partition coefficient (Wildman–Crippen LogP) is 4.36.